The highest BCUT2D eigenvalue weighted by atomic mass is 16.1. The van der Waals surface area contributed by atoms with Crippen molar-refractivity contribution in [1.82, 2.24) is 9.97 Å². The van der Waals surface area contributed by atoms with E-state index in [9.17, 15) is 4.79 Å². The minimum atomic E-state index is -0.135. The SMILES string of the molecule is Cc1cccc(NC(=O)c2ncnc3c2CCCC3)c1C. The molecule has 0 spiro atoms. The smallest absolute Gasteiger partial charge is 0.274 e. The average Bonchev–Trinajstić information content (AvgIpc) is 2.51. The molecule has 0 fully saturated rings. The Morgan fingerprint density at radius 1 is 1.14 bits per heavy atom. The molecule has 0 atom stereocenters. The lowest BCUT2D eigenvalue weighted by molar-refractivity contribution is 0.102. The van der Waals surface area contributed by atoms with E-state index < -0.39 is 0 Å². The third kappa shape index (κ3) is 2.66. The highest BCUT2D eigenvalue weighted by Gasteiger charge is 2.20. The van der Waals surface area contributed by atoms with Crippen LogP contribution in [0.4, 0.5) is 5.69 Å². The van der Waals surface area contributed by atoms with Crippen molar-refractivity contribution in [1.29, 1.82) is 0 Å². The van der Waals surface area contributed by atoms with Crippen LogP contribution in [0.1, 0.15) is 45.7 Å². The molecule has 21 heavy (non-hydrogen) atoms. The van der Waals surface area contributed by atoms with Gasteiger partial charge in [-0.15, -0.1) is 0 Å². The van der Waals surface area contributed by atoms with E-state index in [0.717, 1.165) is 53.8 Å². The summed E-state index contributed by atoms with van der Waals surface area (Å²) in [6.07, 6.45) is 5.59. The van der Waals surface area contributed by atoms with Crippen molar-refractivity contribution in [3.63, 3.8) is 0 Å². The number of hydrogen-bond acceptors (Lipinski definition) is 3. The monoisotopic (exact) mass is 281 g/mol. The van der Waals surface area contributed by atoms with E-state index in [2.05, 4.69) is 15.3 Å². The van der Waals surface area contributed by atoms with Crippen LogP contribution in [0.15, 0.2) is 24.5 Å². The Kier molecular flexibility index (Phi) is 3.69. The number of anilines is 1. The molecule has 3 rings (SSSR count). The van der Waals surface area contributed by atoms with Gasteiger partial charge in [-0.1, -0.05) is 12.1 Å². The summed E-state index contributed by atoms with van der Waals surface area (Å²) in [5.74, 6) is -0.135. The van der Waals surface area contributed by atoms with Crippen molar-refractivity contribution in [2.45, 2.75) is 39.5 Å². The molecule has 1 N–H and O–H groups in total. The molecule has 0 saturated heterocycles. The van der Waals surface area contributed by atoms with Gasteiger partial charge in [0.05, 0.1) is 0 Å². The zero-order valence-corrected chi connectivity index (χ0v) is 12.4. The topological polar surface area (TPSA) is 54.9 Å². The molecule has 108 valence electrons. The molecule has 0 saturated carbocycles. The molecule has 1 aliphatic carbocycles. The maximum absolute atomic E-state index is 12.5. The number of amides is 1. The first-order valence-electron chi connectivity index (χ1n) is 7.37. The largest absolute Gasteiger partial charge is 0.320 e. The number of nitrogens with zero attached hydrogens (tertiary/aromatic N) is 2. The first kappa shape index (κ1) is 13.7. The van der Waals surface area contributed by atoms with E-state index >= 15 is 0 Å². The zero-order valence-electron chi connectivity index (χ0n) is 12.4. The lowest BCUT2D eigenvalue weighted by Crippen LogP contribution is -2.20. The van der Waals surface area contributed by atoms with E-state index in [0.29, 0.717) is 5.69 Å². The van der Waals surface area contributed by atoms with Gasteiger partial charge in [0, 0.05) is 16.9 Å². The molecule has 0 bridgehead atoms. The highest BCUT2D eigenvalue weighted by molar-refractivity contribution is 6.04. The van der Waals surface area contributed by atoms with Gasteiger partial charge in [-0.2, -0.15) is 0 Å². The number of fused-ring (bicyclic) bond motifs is 1. The quantitative estimate of drug-likeness (QED) is 0.919. The van der Waals surface area contributed by atoms with E-state index in [1.165, 1.54) is 6.33 Å². The van der Waals surface area contributed by atoms with Crippen LogP contribution in [-0.4, -0.2) is 15.9 Å². The van der Waals surface area contributed by atoms with Gasteiger partial charge >= 0.3 is 0 Å². The van der Waals surface area contributed by atoms with Gasteiger partial charge in [-0.05, 0) is 56.7 Å². The van der Waals surface area contributed by atoms with Gasteiger partial charge in [-0.3, -0.25) is 4.79 Å². The number of nitrogens with one attached hydrogen (secondary N) is 1. The summed E-state index contributed by atoms with van der Waals surface area (Å²) in [7, 11) is 0. The number of carbonyl (C=O) groups is 1. The zero-order chi connectivity index (χ0) is 14.8. The van der Waals surface area contributed by atoms with Gasteiger partial charge in [-0.25, -0.2) is 9.97 Å². The number of benzene rings is 1. The van der Waals surface area contributed by atoms with Crippen molar-refractivity contribution in [2.75, 3.05) is 5.32 Å². The Bertz CT molecular complexity index is 694. The minimum absolute atomic E-state index is 0.135. The Morgan fingerprint density at radius 2 is 1.95 bits per heavy atom. The molecular formula is C17H19N3O. The first-order chi connectivity index (χ1) is 10.2. The Morgan fingerprint density at radius 3 is 2.81 bits per heavy atom. The lowest BCUT2D eigenvalue weighted by atomic mass is 9.94. The third-order valence-electron chi connectivity index (χ3n) is 4.19. The van der Waals surface area contributed by atoms with Gasteiger partial charge in [0.1, 0.15) is 12.0 Å². The number of rotatable bonds is 2. The van der Waals surface area contributed by atoms with E-state index in [-0.39, 0.29) is 5.91 Å². The van der Waals surface area contributed by atoms with Crippen molar-refractivity contribution in [3.8, 4) is 0 Å². The molecule has 1 amide bonds. The minimum Gasteiger partial charge on any atom is -0.320 e. The normalized spacial score (nSPS) is 13.6. The first-order valence-corrected chi connectivity index (χ1v) is 7.37. The van der Waals surface area contributed by atoms with Crippen LogP contribution in [0.2, 0.25) is 0 Å². The Balaban J connectivity index is 1.91. The second kappa shape index (κ2) is 5.64. The van der Waals surface area contributed by atoms with Crippen molar-refractivity contribution in [3.05, 3.63) is 52.6 Å². The van der Waals surface area contributed by atoms with E-state index in [1.807, 2.05) is 32.0 Å². The second-order valence-corrected chi connectivity index (χ2v) is 5.56. The van der Waals surface area contributed by atoms with Crippen LogP contribution >= 0.6 is 0 Å². The van der Waals surface area contributed by atoms with Crippen LogP contribution in [-0.2, 0) is 12.8 Å². The molecule has 1 aromatic heterocycles. The number of hydrogen-bond donors (Lipinski definition) is 1. The number of aryl methyl sites for hydroxylation is 2. The van der Waals surface area contributed by atoms with Gasteiger partial charge in [0.25, 0.3) is 5.91 Å². The molecule has 4 heteroatoms. The third-order valence-corrected chi connectivity index (χ3v) is 4.19. The Labute approximate surface area is 124 Å². The predicted octanol–water partition coefficient (Wildman–Crippen LogP) is 3.22. The fraction of sp³-hybridized carbons (Fsp3) is 0.353. The molecular weight excluding hydrogens is 262 g/mol. The maximum atomic E-state index is 12.5. The number of aromatic nitrogens is 2. The number of carbonyl (C=O) groups excluding carboxylic acids is 1. The summed E-state index contributed by atoms with van der Waals surface area (Å²) in [5, 5.41) is 2.99. The van der Waals surface area contributed by atoms with E-state index in [1.54, 1.807) is 0 Å². The van der Waals surface area contributed by atoms with Crippen LogP contribution < -0.4 is 5.32 Å². The Hall–Kier alpha value is -2.23. The second-order valence-electron chi connectivity index (χ2n) is 5.56. The van der Waals surface area contributed by atoms with Crippen molar-refractivity contribution >= 4 is 11.6 Å². The van der Waals surface area contributed by atoms with Crippen LogP contribution in [0.5, 0.6) is 0 Å². The van der Waals surface area contributed by atoms with E-state index in [4.69, 9.17) is 0 Å². The maximum Gasteiger partial charge on any atom is 0.274 e. The highest BCUT2D eigenvalue weighted by Crippen LogP contribution is 2.23. The average molecular weight is 281 g/mol. The van der Waals surface area contributed by atoms with Gasteiger partial charge in [0.2, 0.25) is 0 Å². The molecule has 1 heterocycles. The van der Waals surface area contributed by atoms with Crippen LogP contribution in [0, 0.1) is 13.8 Å². The standard InChI is InChI=1S/C17H19N3O/c1-11-6-5-9-14(12(11)2)20-17(21)16-13-7-3-4-8-15(13)18-10-19-16/h5-6,9-10H,3-4,7-8H2,1-2H3,(H,20,21). The molecule has 0 unspecified atom stereocenters. The van der Waals surface area contributed by atoms with Gasteiger partial charge in [0.15, 0.2) is 0 Å². The van der Waals surface area contributed by atoms with Crippen molar-refractivity contribution < 1.29 is 4.79 Å². The fourth-order valence-corrected chi connectivity index (χ4v) is 2.78. The summed E-state index contributed by atoms with van der Waals surface area (Å²) in [5.41, 5.74) is 5.68. The summed E-state index contributed by atoms with van der Waals surface area (Å²) < 4.78 is 0. The van der Waals surface area contributed by atoms with Gasteiger partial charge < -0.3 is 5.32 Å². The molecule has 0 radical (unpaired) electrons. The summed E-state index contributed by atoms with van der Waals surface area (Å²) in [4.78, 5) is 21.1. The lowest BCUT2D eigenvalue weighted by Gasteiger charge is -2.17. The van der Waals surface area contributed by atoms with Crippen LogP contribution in [0.3, 0.4) is 0 Å². The molecule has 1 aromatic carbocycles. The molecule has 0 aliphatic heterocycles. The molecule has 4 nitrogen and oxygen atoms in total. The summed E-state index contributed by atoms with van der Waals surface area (Å²) in [6, 6.07) is 5.92. The molecule has 2 aromatic rings. The predicted molar refractivity (Wildman–Crippen MR) is 82.5 cm³/mol. The summed E-state index contributed by atoms with van der Waals surface area (Å²) >= 11 is 0. The molecule has 1 aliphatic rings. The van der Waals surface area contributed by atoms with Crippen molar-refractivity contribution in [2.24, 2.45) is 0 Å². The fourth-order valence-electron chi connectivity index (χ4n) is 2.78. The van der Waals surface area contributed by atoms with Crippen LogP contribution in [0.25, 0.3) is 0 Å². The summed E-state index contributed by atoms with van der Waals surface area (Å²) in [6.45, 7) is 4.05.